The molecule has 5 nitrogen and oxygen atoms in total. The summed E-state index contributed by atoms with van der Waals surface area (Å²) in [5.74, 6) is -1.20. The summed E-state index contributed by atoms with van der Waals surface area (Å²) in [5.41, 5.74) is 0.474. The summed E-state index contributed by atoms with van der Waals surface area (Å²) < 4.78 is 36.5. The second kappa shape index (κ2) is 6.33. The Balaban J connectivity index is 2.76. The van der Waals surface area contributed by atoms with E-state index in [1.807, 2.05) is 0 Å². The van der Waals surface area contributed by atoms with Crippen LogP contribution >= 0.6 is 11.3 Å². The number of urea groups is 1. The van der Waals surface area contributed by atoms with Crippen molar-refractivity contribution in [3.8, 4) is 0 Å². The lowest BCUT2D eigenvalue weighted by Crippen LogP contribution is -2.38. The first-order valence-corrected chi connectivity index (χ1v) is 6.80. The number of halogens is 3. The zero-order valence-electron chi connectivity index (χ0n) is 11.6. The quantitative estimate of drug-likeness (QED) is 0.793. The second-order valence-electron chi connectivity index (χ2n) is 4.61. The molecule has 1 aromatic rings. The van der Waals surface area contributed by atoms with Crippen LogP contribution in [-0.2, 0) is 0 Å². The van der Waals surface area contributed by atoms with Crippen molar-refractivity contribution in [1.82, 2.24) is 5.32 Å². The van der Waals surface area contributed by atoms with E-state index in [4.69, 9.17) is 5.11 Å². The predicted octanol–water partition coefficient (Wildman–Crippen LogP) is 3.53. The normalized spacial score (nSPS) is 12.9. The van der Waals surface area contributed by atoms with Gasteiger partial charge in [-0.15, -0.1) is 11.3 Å². The van der Waals surface area contributed by atoms with Gasteiger partial charge in [-0.2, -0.15) is 13.2 Å². The SMILES string of the molecule is Cc1sc(NC(=O)NC(C)CC(F)(F)F)c(C(=O)O)c1C. The number of alkyl halides is 3. The summed E-state index contributed by atoms with van der Waals surface area (Å²) in [5, 5.41) is 13.6. The van der Waals surface area contributed by atoms with Crippen molar-refractivity contribution < 1.29 is 27.9 Å². The first kappa shape index (κ1) is 17.3. The Morgan fingerprint density at radius 2 is 1.90 bits per heavy atom. The van der Waals surface area contributed by atoms with E-state index in [2.05, 4.69) is 10.6 Å². The van der Waals surface area contributed by atoms with Crippen LogP contribution in [0.2, 0.25) is 0 Å². The smallest absolute Gasteiger partial charge is 0.391 e. The number of carbonyl (C=O) groups excluding carboxylic acids is 1. The molecule has 0 aliphatic heterocycles. The number of aromatic carboxylic acids is 1. The summed E-state index contributed by atoms with van der Waals surface area (Å²) in [7, 11) is 0. The number of anilines is 1. The zero-order valence-corrected chi connectivity index (χ0v) is 12.4. The number of carbonyl (C=O) groups is 2. The summed E-state index contributed by atoms with van der Waals surface area (Å²) >= 11 is 1.06. The Morgan fingerprint density at radius 3 is 2.38 bits per heavy atom. The van der Waals surface area contributed by atoms with Crippen LogP contribution in [0.3, 0.4) is 0 Å². The molecule has 1 unspecified atom stereocenters. The molecule has 3 N–H and O–H groups in total. The van der Waals surface area contributed by atoms with Gasteiger partial charge in [0.05, 0.1) is 12.0 Å². The molecule has 0 fully saturated rings. The molecular formula is C12H15F3N2O3S. The van der Waals surface area contributed by atoms with E-state index in [-0.39, 0.29) is 10.6 Å². The summed E-state index contributed by atoms with van der Waals surface area (Å²) in [6.07, 6.45) is -5.54. The topological polar surface area (TPSA) is 78.4 Å². The Morgan fingerprint density at radius 1 is 1.33 bits per heavy atom. The number of hydrogen-bond donors (Lipinski definition) is 3. The Hall–Kier alpha value is -1.77. The standard InChI is InChI=1S/C12H15F3N2O3S/c1-5(4-12(13,14)15)16-11(20)17-9-8(10(18)19)6(2)7(3)21-9/h5H,4H2,1-3H3,(H,18,19)(H2,16,17,20). The van der Waals surface area contributed by atoms with Crippen LogP contribution in [0.25, 0.3) is 0 Å². The first-order valence-electron chi connectivity index (χ1n) is 5.98. The van der Waals surface area contributed by atoms with Gasteiger partial charge in [0.15, 0.2) is 0 Å². The average Bonchev–Trinajstić information content (AvgIpc) is 2.50. The molecule has 0 saturated carbocycles. The van der Waals surface area contributed by atoms with Crippen molar-refractivity contribution in [3.05, 3.63) is 16.0 Å². The van der Waals surface area contributed by atoms with Crippen LogP contribution in [-0.4, -0.2) is 29.3 Å². The highest BCUT2D eigenvalue weighted by atomic mass is 32.1. The molecule has 0 radical (unpaired) electrons. The molecule has 1 rings (SSSR count). The molecule has 0 aliphatic carbocycles. The number of rotatable bonds is 4. The molecule has 1 aromatic heterocycles. The summed E-state index contributed by atoms with van der Waals surface area (Å²) in [6.45, 7) is 4.52. The molecule has 0 bridgehead atoms. The number of hydrogen-bond acceptors (Lipinski definition) is 3. The summed E-state index contributed by atoms with van der Waals surface area (Å²) in [4.78, 5) is 23.5. The van der Waals surface area contributed by atoms with Gasteiger partial charge in [0.1, 0.15) is 5.00 Å². The fourth-order valence-corrected chi connectivity index (χ4v) is 2.78. The van der Waals surface area contributed by atoms with E-state index >= 15 is 0 Å². The van der Waals surface area contributed by atoms with Gasteiger partial charge in [0, 0.05) is 10.9 Å². The van der Waals surface area contributed by atoms with E-state index < -0.39 is 30.6 Å². The first-order chi connectivity index (χ1) is 9.51. The van der Waals surface area contributed by atoms with Crippen LogP contribution in [0.1, 0.15) is 34.1 Å². The molecule has 118 valence electrons. The lowest BCUT2D eigenvalue weighted by atomic mass is 10.1. The molecule has 2 amide bonds. The fraction of sp³-hybridized carbons (Fsp3) is 0.500. The third kappa shape index (κ3) is 4.92. The molecular weight excluding hydrogens is 309 g/mol. The highest BCUT2D eigenvalue weighted by molar-refractivity contribution is 7.16. The van der Waals surface area contributed by atoms with Crippen LogP contribution in [0.15, 0.2) is 0 Å². The number of carboxylic acid groups (broad SMARTS) is 1. The van der Waals surface area contributed by atoms with E-state index in [9.17, 15) is 22.8 Å². The predicted molar refractivity (Wildman–Crippen MR) is 73.0 cm³/mol. The Labute approximate surface area is 123 Å². The lowest BCUT2D eigenvalue weighted by Gasteiger charge is -2.16. The monoisotopic (exact) mass is 324 g/mol. The maximum absolute atomic E-state index is 12.2. The number of nitrogens with one attached hydrogen (secondary N) is 2. The maximum atomic E-state index is 12.2. The second-order valence-corrected chi connectivity index (χ2v) is 5.84. The zero-order chi connectivity index (χ0) is 16.4. The number of amides is 2. The van der Waals surface area contributed by atoms with Gasteiger partial charge in [-0.3, -0.25) is 5.32 Å². The number of carboxylic acids is 1. The van der Waals surface area contributed by atoms with Gasteiger partial charge in [-0.25, -0.2) is 9.59 Å². The van der Waals surface area contributed by atoms with Gasteiger partial charge in [0.2, 0.25) is 0 Å². The van der Waals surface area contributed by atoms with E-state index in [1.54, 1.807) is 13.8 Å². The highest BCUT2D eigenvalue weighted by Crippen LogP contribution is 2.32. The molecule has 1 heterocycles. The minimum Gasteiger partial charge on any atom is -0.478 e. The van der Waals surface area contributed by atoms with Gasteiger partial charge in [0.25, 0.3) is 0 Å². The Kier molecular flexibility index (Phi) is 5.21. The summed E-state index contributed by atoms with van der Waals surface area (Å²) in [6, 6.07) is -1.98. The fourth-order valence-electron chi connectivity index (χ4n) is 1.73. The van der Waals surface area contributed by atoms with Crippen molar-refractivity contribution in [3.63, 3.8) is 0 Å². The molecule has 21 heavy (non-hydrogen) atoms. The third-order valence-electron chi connectivity index (χ3n) is 2.74. The van der Waals surface area contributed by atoms with E-state index in [0.717, 1.165) is 11.3 Å². The molecule has 0 aromatic carbocycles. The van der Waals surface area contributed by atoms with Gasteiger partial charge in [-0.1, -0.05) is 0 Å². The van der Waals surface area contributed by atoms with Crippen LogP contribution in [0, 0.1) is 13.8 Å². The number of aryl methyl sites for hydroxylation is 1. The van der Waals surface area contributed by atoms with Crippen LogP contribution in [0.5, 0.6) is 0 Å². The van der Waals surface area contributed by atoms with Gasteiger partial charge >= 0.3 is 18.2 Å². The van der Waals surface area contributed by atoms with E-state index in [0.29, 0.717) is 10.4 Å². The molecule has 0 aliphatic rings. The maximum Gasteiger partial charge on any atom is 0.391 e. The minimum absolute atomic E-state index is 0.0453. The van der Waals surface area contributed by atoms with Crippen molar-refractivity contribution in [2.45, 2.75) is 39.4 Å². The largest absolute Gasteiger partial charge is 0.478 e. The lowest BCUT2D eigenvalue weighted by molar-refractivity contribution is -0.138. The van der Waals surface area contributed by atoms with Crippen molar-refractivity contribution in [1.29, 1.82) is 0 Å². The number of thiophene rings is 1. The Bertz CT molecular complexity index is 555. The van der Waals surface area contributed by atoms with Gasteiger partial charge in [-0.05, 0) is 26.3 Å². The average molecular weight is 324 g/mol. The van der Waals surface area contributed by atoms with Gasteiger partial charge < -0.3 is 10.4 Å². The highest BCUT2D eigenvalue weighted by Gasteiger charge is 2.30. The van der Waals surface area contributed by atoms with Crippen LogP contribution < -0.4 is 10.6 Å². The minimum atomic E-state index is -4.38. The molecule has 9 heteroatoms. The van der Waals surface area contributed by atoms with Crippen molar-refractivity contribution >= 4 is 28.3 Å². The van der Waals surface area contributed by atoms with Crippen molar-refractivity contribution in [2.75, 3.05) is 5.32 Å². The van der Waals surface area contributed by atoms with Crippen LogP contribution in [0.4, 0.5) is 23.0 Å². The molecule has 1 atom stereocenters. The third-order valence-corrected chi connectivity index (χ3v) is 3.86. The van der Waals surface area contributed by atoms with E-state index in [1.165, 1.54) is 6.92 Å². The van der Waals surface area contributed by atoms with Crippen molar-refractivity contribution in [2.24, 2.45) is 0 Å². The molecule has 0 spiro atoms. The molecule has 0 saturated heterocycles.